The number of carbonyl (C=O) groups is 2. The zero-order chi connectivity index (χ0) is 13.1. The van der Waals surface area contributed by atoms with Gasteiger partial charge in [0.2, 0.25) is 0 Å². The number of hydrogen-bond acceptors (Lipinski definition) is 3. The van der Waals surface area contributed by atoms with E-state index < -0.39 is 11.9 Å². The first kappa shape index (κ1) is 16.5. The molecular formula is C11H18N2O3. The summed E-state index contributed by atoms with van der Waals surface area (Å²) in [6.07, 6.45) is 2.51. The van der Waals surface area contributed by atoms with Gasteiger partial charge < -0.3 is 10.4 Å². The van der Waals surface area contributed by atoms with Crippen molar-refractivity contribution < 1.29 is 14.7 Å². The number of hydrogen-bond donors (Lipinski definition) is 2. The predicted octanol–water partition coefficient (Wildman–Crippen LogP) is 1.37. The second-order valence-corrected chi connectivity index (χ2v) is 2.37. The third-order valence-electron chi connectivity index (χ3n) is 1.34. The third kappa shape index (κ3) is 6.53. The van der Waals surface area contributed by atoms with Crippen LogP contribution in [0.2, 0.25) is 0 Å². The molecule has 0 unspecified atom stereocenters. The Hall–Kier alpha value is -1.91. The number of carboxylic acid groups (broad SMARTS) is 1. The van der Waals surface area contributed by atoms with Crippen LogP contribution in [0.4, 0.5) is 0 Å². The van der Waals surface area contributed by atoms with Gasteiger partial charge in [-0.1, -0.05) is 26.5 Å². The minimum absolute atomic E-state index is 0.0861. The molecule has 0 aromatic heterocycles. The largest absolute Gasteiger partial charge is 0.477 e. The average Bonchev–Trinajstić information content (AvgIpc) is 2.29. The molecule has 90 valence electrons. The maximum absolute atomic E-state index is 11.0. The first-order valence-electron chi connectivity index (χ1n) is 4.86. The standard InChI is InChI=1S/C9H12N2O3.C2H6/c1-4-5-7(9(13)14)11-6(2)8(12)10-3;1-2/h4-5H,1H2,2-3H3,(H,10,12)(H,13,14);1-2H3/b7-5-,11-6?;. The molecule has 0 heterocycles. The van der Waals surface area contributed by atoms with Crippen LogP contribution in [0.5, 0.6) is 0 Å². The fourth-order valence-corrected chi connectivity index (χ4v) is 0.680. The molecule has 0 bridgehead atoms. The summed E-state index contributed by atoms with van der Waals surface area (Å²) in [5.74, 6) is -1.62. The highest BCUT2D eigenvalue weighted by Crippen LogP contribution is 1.98. The van der Waals surface area contributed by atoms with Gasteiger partial charge in [0.05, 0.1) is 0 Å². The maximum Gasteiger partial charge on any atom is 0.354 e. The molecule has 0 saturated heterocycles. The molecule has 0 aliphatic carbocycles. The predicted molar refractivity (Wildman–Crippen MR) is 64.4 cm³/mol. The Labute approximate surface area is 95.6 Å². The van der Waals surface area contributed by atoms with E-state index >= 15 is 0 Å². The lowest BCUT2D eigenvalue weighted by Crippen LogP contribution is -2.25. The van der Waals surface area contributed by atoms with Crippen LogP contribution in [-0.4, -0.2) is 29.7 Å². The molecule has 0 aromatic rings. The molecule has 2 N–H and O–H groups in total. The Bertz CT molecular complexity index is 317. The van der Waals surface area contributed by atoms with Crippen molar-refractivity contribution in [2.24, 2.45) is 4.99 Å². The Kier molecular flexibility index (Phi) is 9.95. The van der Waals surface area contributed by atoms with Crippen molar-refractivity contribution in [1.82, 2.24) is 5.32 Å². The molecule has 0 radical (unpaired) electrons. The van der Waals surface area contributed by atoms with E-state index in [-0.39, 0.29) is 11.4 Å². The van der Waals surface area contributed by atoms with Crippen molar-refractivity contribution in [2.45, 2.75) is 20.8 Å². The van der Waals surface area contributed by atoms with Crippen LogP contribution in [0.1, 0.15) is 20.8 Å². The maximum atomic E-state index is 11.0. The highest BCUT2D eigenvalue weighted by Gasteiger charge is 2.08. The van der Waals surface area contributed by atoms with Gasteiger partial charge in [0.1, 0.15) is 11.4 Å². The fraction of sp³-hybridized carbons (Fsp3) is 0.364. The average molecular weight is 226 g/mol. The summed E-state index contributed by atoms with van der Waals surface area (Å²) in [6.45, 7) is 8.77. The van der Waals surface area contributed by atoms with Crippen LogP contribution in [-0.2, 0) is 9.59 Å². The highest BCUT2D eigenvalue weighted by molar-refractivity contribution is 6.38. The van der Waals surface area contributed by atoms with Crippen LogP contribution in [0.25, 0.3) is 0 Å². The lowest BCUT2D eigenvalue weighted by molar-refractivity contribution is -0.132. The molecule has 0 aliphatic rings. The minimum Gasteiger partial charge on any atom is -0.477 e. The molecule has 0 fully saturated rings. The van der Waals surface area contributed by atoms with Crippen LogP contribution in [0.3, 0.4) is 0 Å². The SMILES string of the molecule is C=C/C=C(\N=C(C)C(=O)NC)C(=O)O.CC. The van der Waals surface area contributed by atoms with Crippen LogP contribution in [0.15, 0.2) is 29.4 Å². The van der Waals surface area contributed by atoms with Gasteiger partial charge in [0.15, 0.2) is 0 Å². The van der Waals surface area contributed by atoms with Crippen LogP contribution < -0.4 is 5.32 Å². The van der Waals surface area contributed by atoms with Crippen molar-refractivity contribution in [3.63, 3.8) is 0 Å². The van der Waals surface area contributed by atoms with Crippen molar-refractivity contribution >= 4 is 17.6 Å². The molecule has 0 rings (SSSR count). The van der Waals surface area contributed by atoms with Gasteiger partial charge in [-0.15, -0.1) is 0 Å². The lowest BCUT2D eigenvalue weighted by Gasteiger charge is -1.98. The number of rotatable bonds is 4. The number of allylic oxidation sites excluding steroid dienone is 2. The first-order valence-corrected chi connectivity index (χ1v) is 4.86. The summed E-state index contributed by atoms with van der Waals surface area (Å²) in [5, 5.41) is 11.0. The van der Waals surface area contributed by atoms with Crippen molar-refractivity contribution in [2.75, 3.05) is 7.05 Å². The normalized spacial score (nSPS) is 11.0. The quantitative estimate of drug-likeness (QED) is 0.431. The monoisotopic (exact) mass is 226 g/mol. The zero-order valence-corrected chi connectivity index (χ0v) is 10.1. The van der Waals surface area contributed by atoms with Gasteiger partial charge >= 0.3 is 5.97 Å². The van der Waals surface area contributed by atoms with Gasteiger partial charge in [-0.2, -0.15) is 0 Å². The highest BCUT2D eigenvalue weighted by atomic mass is 16.4. The topological polar surface area (TPSA) is 78.8 Å². The van der Waals surface area contributed by atoms with E-state index in [4.69, 9.17) is 5.11 Å². The summed E-state index contributed by atoms with van der Waals surface area (Å²) in [7, 11) is 1.44. The van der Waals surface area contributed by atoms with E-state index in [1.807, 2.05) is 13.8 Å². The Morgan fingerprint density at radius 1 is 1.38 bits per heavy atom. The van der Waals surface area contributed by atoms with Gasteiger partial charge in [-0.05, 0) is 13.0 Å². The molecule has 0 atom stereocenters. The molecule has 0 aliphatic heterocycles. The van der Waals surface area contributed by atoms with Crippen LogP contribution >= 0.6 is 0 Å². The van der Waals surface area contributed by atoms with Gasteiger partial charge in [0.25, 0.3) is 5.91 Å². The Morgan fingerprint density at radius 3 is 2.19 bits per heavy atom. The van der Waals surface area contributed by atoms with E-state index in [9.17, 15) is 9.59 Å². The summed E-state index contributed by atoms with van der Waals surface area (Å²) >= 11 is 0. The third-order valence-corrected chi connectivity index (χ3v) is 1.34. The lowest BCUT2D eigenvalue weighted by atomic mass is 10.3. The minimum atomic E-state index is -1.20. The number of aliphatic imine (C=N–C) groups is 1. The summed E-state index contributed by atoms with van der Waals surface area (Å²) < 4.78 is 0. The summed E-state index contributed by atoms with van der Waals surface area (Å²) in [5.41, 5.74) is -0.135. The number of carbonyl (C=O) groups excluding carboxylic acids is 1. The smallest absolute Gasteiger partial charge is 0.354 e. The van der Waals surface area contributed by atoms with E-state index in [1.54, 1.807) is 0 Å². The van der Waals surface area contributed by atoms with Gasteiger partial charge in [-0.3, -0.25) is 4.79 Å². The van der Waals surface area contributed by atoms with E-state index in [0.29, 0.717) is 0 Å². The second kappa shape index (κ2) is 9.64. The Balaban J connectivity index is 0. The van der Waals surface area contributed by atoms with E-state index in [2.05, 4.69) is 16.9 Å². The summed E-state index contributed by atoms with van der Waals surface area (Å²) in [4.78, 5) is 25.2. The number of carboxylic acids is 1. The van der Waals surface area contributed by atoms with E-state index in [1.165, 1.54) is 26.1 Å². The molecule has 5 heteroatoms. The van der Waals surface area contributed by atoms with Gasteiger partial charge in [-0.25, -0.2) is 9.79 Å². The van der Waals surface area contributed by atoms with Gasteiger partial charge in [0, 0.05) is 7.05 Å². The molecule has 5 nitrogen and oxygen atoms in total. The fourth-order valence-electron chi connectivity index (χ4n) is 0.680. The van der Waals surface area contributed by atoms with E-state index in [0.717, 1.165) is 0 Å². The number of amides is 1. The van der Waals surface area contributed by atoms with Crippen molar-refractivity contribution in [3.8, 4) is 0 Å². The molecule has 16 heavy (non-hydrogen) atoms. The molecule has 1 amide bonds. The molecular weight excluding hydrogens is 208 g/mol. The molecule has 0 spiro atoms. The van der Waals surface area contributed by atoms with Crippen molar-refractivity contribution in [3.05, 3.63) is 24.4 Å². The Morgan fingerprint density at radius 2 is 1.88 bits per heavy atom. The number of nitrogens with one attached hydrogen (secondary N) is 1. The zero-order valence-electron chi connectivity index (χ0n) is 10.1. The van der Waals surface area contributed by atoms with Crippen LogP contribution in [0, 0.1) is 0 Å². The number of nitrogens with zero attached hydrogens (tertiary/aromatic N) is 1. The molecule has 0 aromatic carbocycles. The summed E-state index contributed by atoms with van der Waals surface area (Å²) in [6, 6.07) is 0. The molecule has 0 saturated carbocycles. The first-order chi connectivity index (χ1) is 7.52. The number of aliphatic carboxylic acids is 1. The van der Waals surface area contributed by atoms with Crippen molar-refractivity contribution in [1.29, 1.82) is 0 Å². The second-order valence-electron chi connectivity index (χ2n) is 2.37.